The Morgan fingerprint density at radius 3 is 2.58 bits per heavy atom. The number of hydrogen-bond donors (Lipinski definition) is 2. The molecule has 1 saturated heterocycles. The fourth-order valence-corrected chi connectivity index (χ4v) is 3.80. The van der Waals surface area contributed by atoms with E-state index in [1.165, 1.54) is 58.2 Å². The first kappa shape index (κ1) is 19.5. The average Bonchev–Trinajstić information content (AvgIpc) is 2.57. The summed E-state index contributed by atoms with van der Waals surface area (Å²) in [5.41, 5.74) is 0.429. The van der Waals surface area contributed by atoms with Crippen LogP contribution in [0.1, 0.15) is 51.9 Å². The number of hydrogen-bond acceptors (Lipinski definition) is 3. The van der Waals surface area contributed by atoms with Gasteiger partial charge >= 0.3 is 0 Å². The predicted octanol–water partition coefficient (Wildman–Crippen LogP) is 2.48. The lowest BCUT2D eigenvalue weighted by Gasteiger charge is -2.42. The van der Waals surface area contributed by atoms with Crippen molar-refractivity contribution in [1.82, 2.24) is 15.5 Å². The first-order chi connectivity index (χ1) is 11.7. The summed E-state index contributed by atoms with van der Waals surface area (Å²) in [7, 11) is 3.66. The fourth-order valence-electron chi connectivity index (χ4n) is 3.80. The molecule has 0 atom stereocenters. The Bertz CT molecular complexity index is 374. The van der Waals surface area contributed by atoms with Crippen molar-refractivity contribution < 1.29 is 4.74 Å². The van der Waals surface area contributed by atoms with E-state index in [1.807, 2.05) is 7.05 Å². The van der Waals surface area contributed by atoms with Crippen LogP contribution in [0.15, 0.2) is 4.99 Å². The summed E-state index contributed by atoms with van der Waals surface area (Å²) >= 11 is 0. The van der Waals surface area contributed by atoms with Gasteiger partial charge in [0.2, 0.25) is 0 Å². The second-order valence-electron chi connectivity index (χ2n) is 7.83. The molecule has 0 amide bonds. The molecule has 1 heterocycles. The third-order valence-electron chi connectivity index (χ3n) is 5.92. The minimum Gasteiger partial charge on any atom is -0.385 e. The second-order valence-corrected chi connectivity index (χ2v) is 7.83. The van der Waals surface area contributed by atoms with Crippen LogP contribution in [0.4, 0.5) is 0 Å². The highest BCUT2D eigenvalue weighted by Gasteiger charge is 2.36. The van der Waals surface area contributed by atoms with Crippen molar-refractivity contribution >= 4 is 5.96 Å². The van der Waals surface area contributed by atoms with Crippen LogP contribution in [0.25, 0.3) is 0 Å². The van der Waals surface area contributed by atoms with E-state index >= 15 is 0 Å². The number of aliphatic imine (C=N–C) groups is 1. The monoisotopic (exact) mass is 338 g/mol. The molecule has 2 rings (SSSR count). The van der Waals surface area contributed by atoms with Crippen molar-refractivity contribution in [3.8, 4) is 0 Å². The molecule has 0 aromatic heterocycles. The van der Waals surface area contributed by atoms with Gasteiger partial charge in [-0.1, -0.05) is 13.3 Å². The van der Waals surface area contributed by atoms with Crippen molar-refractivity contribution in [2.24, 2.45) is 16.3 Å². The lowest BCUT2D eigenvalue weighted by molar-refractivity contribution is 0.0732. The third kappa shape index (κ3) is 6.25. The highest BCUT2D eigenvalue weighted by atomic mass is 16.5. The zero-order valence-electron chi connectivity index (χ0n) is 16.1. The number of methoxy groups -OCH3 is 1. The maximum atomic E-state index is 5.27. The molecule has 5 heteroatoms. The van der Waals surface area contributed by atoms with Gasteiger partial charge in [-0.2, -0.15) is 0 Å². The van der Waals surface area contributed by atoms with Crippen LogP contribution in [0, 0.1) is 11.3 Å². The van der Waals surface area contributed by atoms with Gasteiger partial charge in [-0.25, -0.2) is 0 Å². The molecule has 5 nitrogen and oxygen atoms in total. The molecule has 2 fully saturated rings. The van der Waals surface area contributed by atoms with Crippen LogP contribution < -0.4 is 10.6 Å². The van der Waals surface area contributed by atoms with Crippen LogP contribution in [0.2, 0.25) is 0 Å². The molecule has 0 radical (unpaired) electrons. The third-order valence-corrected chi connectivity index (χ3v) is 5.92. The molecule has 0 unspecified atom stereocenters. The van der Waals surface area contributed by atoms with Gasteiger partial charge in [0, 0.05) is 33.9 Å². The van der Waals surface area contributed by atoms with E-state index in [1.54, 1.807) is 7.11 Å². The van der Waals surface area contributed by atoms with Crippen LogP contribution in [0.3, 0.4) is 0 Å². The molecule has 24 heavy (non-hydrogen) atoms. The van der Waals surface area contributed by atoms with Crippen LogP contribution in [-0.2, 0) is 4.74 Å². The van der Waals surface area contributed by atoms with E-state index in [0.717, 1.165) is 38.0 Å². The molecular formula is C19H38N4O. The topological polar surface area (TPSA) is 48.9 Å². The Morgan fingerprint density at radius 2 is 2.00 bits per heavy atom. The van der Waals surface area contributed by atoms with Crippen LogP contribution in [-0.4, -0.2) is 64.3 Å². The summed E-state index contributed by atoms with van der Waals surface area (Å²) in [6.45, 7) is 9.00. The van der Waals surface area contributed by atoms with Gasteiger partial charge in [-0.05, 0) is 69.5 Å². The normalized spacial score (nSPS) is 22.2. The van der Waals surface area contributed by atoms with Gasteiger partial charge in [0.1, 0.15) is 0 Å². The summed E-state index contributed by atoms with van der Waals surface area (Å²) in [5, 5.41) is 7.01. The number of ether oxygens (including phenoxy) is 1. The molecule has 0 aromatic carbocycles. The Morgan fingerprint density at radius 1 is 1.25 bits per heavy atom. The van der Waals surface area contributed by atoms with Crippen LogP contribution >= 0.6 is 0 Å². The maximum Gasteiger partial charge on any atom is 0.190 e. The van der Waals surface area contributed by atoms with Crippen molar-refractivity contribution in [1.29, 1.82) is 0 Å². The second kappa shape index (κ2) is 10.2. The van der Waals surface area contributed by atoms with Gasteiger partial charge < -0.3 is 20.3 Å². The maximum absolute atomic E-state index is 5.27. The largest absolute Gasteiger partial charge is 0.385 e. The molecular weight excluding hydrogens is 300 g/mol. The molecule has 0 spiro atoms. The summed E-state index contributed by atoms with van der Waals surface area (Å²) in [5.74, 6) is 1.87. The average molecular weight is 339 g/mol. The van der Waals surface area contributed by atoms with Gasteiger partial charge in [-0.3, -0.25) is 4.99 Å². The first-order valence-electron chi connectivity index (χ1n) is 9.83. The minimum atomic E-state index is 0.429. The molecule has 0 bridgehead atoms. The Kier molecular flexibility index (Phi) is 8.33. The van der Waals surface area contributed by atoms with Crippen LogP contribution in [0.5, 0.6) is 0 Å². The molecule has 1 aliphatic carbocycles. The van der Waals surface area contributed by atoms with E-state index in [4.69, 9.17) is 4.74 Å². The molecule has 0 aromatic rings. The molecule has 1 aliphatic heterocycles. The van der Waals surface area contributed by atoms with Gasteiger partial charge in [-0.15, -0.1) is 0 Å². The predicted molar refractivity (Wildman–Crippen MR) is 102 cm³/mol. The minimum absolute atomic E-state index is 0.429. The Hall–Kier alpha value is -0.810. The molecule has 2 aliphatic rings. The smallest absolute Gasteiger partial charge is 0.190 e. The summed E-state index contributed by atoms with van der Waals surface area (Å²) in [4.78, 5) is 6.98. The van der Waals surface area contributed by atoms with Crippen molar-refractivity contribution in [3.63, 3.8) is 0 Å². The van der Waals surface area contributed by atoms with Gasteiger partial charge in [0.05, 0.1) is 0 Å². The van der Waals surface area contributed by atoms with E-state index in [-0.39, 0.29) is 0 Å². The Labute approximate surface area is 148 Å². The number of piperidine rings is 1. The van der Waals surface area contributed by atoms with E-state index in [0.29, 0.717) is 5.41 Å². The van der Waals surface area contributed by atoms with Crippen molar-refractivity contribution in [3.05, 3.63) is 0 Å². The summed E-state index contributed by atoms with van der Waals surface area (Å²) < 4.78 is 5.27. The molecule has 1 saturated carbocycles. The summed E-state index contributed by atoms with van der Waals surface area (Å²) in [6, 6.07) is 0. The number of guanidine groups is 1. The lowest BCUT2D eigenvalue weighted by atomic mass is 9.67. The number of nitrogens with zero attached hydrogens (tertiary/aromatic N) is 2. The van der Waals surface area contributed by atoms with Crippen molar-refractivity contribution in [2.45, 2.75) is 51.9 Å². The van der Waals surface area contributed by atoms with Crippen molar-refractivity contribution in [2.75, 3.05) is 53.5 Å². The van der Waals surface area contributed by atoms with E-state index in [9.17, 15) is 0 Å². The highest BCUT2D eigenvalue weighted by molar-refractivity contribution is 5.79. The number of likely N-dealkylation sites (tertiary alicyclic amines) is 1. The number of rotatable bonds is 9. The lowest BCUT2D eigenvalue weighted by Crippen LogP contribution is -2.47. The van der Waals surface area contributed by atoms with E-state index in [2.05, 4.69) is 27.4 Å². The SMILES string of the molecule is CN=C(NCCCN1CCC(C)CC1)NCC1(CCOC)CCC1. The van der Waals surface area contributed by atoms with E-state index < -0.39 is 0 Å². The van der Waals surface area contributed by atoms with Gasteiger partial charge in [0.15, 0.2) is 5.96 Å². The molecule has 2 N–H and O–H groups in total. The number of nitrogens with one attached hydrogen (secondary N) is 2. The zero-order valence-corrected chi connectivity index (χ0v) is 16.1. The quantitative estimate of drug-likeness (QED) is 0.385. The Balaban J connectivity index is 1.58. The first-order valence-corrected chi connectivity index (χ1v) is 9.83. The highest BCUT2D eigenvalue weighted by Crippen LogP contribution is 2.43. The molecule has 140 valence electrons. The fraction of sp³-hybridized carbons (Fsp3) is 0.947. The zero-order chi connectivity index (χ0) is 17.3. The van der Waals surface area contributed by atoms with Gasteiger partial charge in [0.25, 0.3) is 0 Å². The summed E-state index contributed by atoms with van der Waals surface area (Å²) in [6.07, 6.45) is 9.04. The standard InChI is InChI=1S/C19H38N4O/c1-17-6-13-23(14-7-17)12-5-11-21-18(20-2)22-16-19(8-4-9-19)10-15-24-3/h17H,4-16H2,1-3H3,(H2,20,21,22).